The molecule has 1 aromatic heterocycles. The number of aromatic carboxylic acids is 1. The highest BCUT2D eigenvalue weighted by Crippen LogP contribution is 2.21. The number of thioether (sulfide) groups is 1. The molecule has 0 saturated carbocycles. The third kappa shape index (κ3) is 4.42. The number of carbonyl (C=O) groups is 2. The van der Waals surface area contributed by atoms with Gasteiger partial charge in [0, 0.05) is 11.3 Å². The molecule has 10 heteroatoms. The standard InChI is InChI=1S/C17H15N5O4S/c1-26-12-8-6-11(7-9-12)22-17(19-20-21-22)27-10-15(23)18-14-5-3-2-4-13(14)16(24)25/h2-9H,10H2,1H3,(H,18,23)(H,24,25)/p-1. The molecule has 0 bridgehead atoms. The third-order valence-electron chi connectivity index (χ3n) is 3.51. The first-order valence-electron chi connectivity index (χ1n) is 7.74. The van der Waals surface area contributed by atoms with Crippen LogP contribution in [0.5, 0.6) is 5.75 Å². The number of carboxylic acids is 1. The Morgan fingerprint density at radius 3 is 2.63 bits per heavy atom. The number of hydrogen-bond donors (Lipinski definition) is 1. The van der Waals surface area contributed by atoms with Gasteiger partial charge in [0.15, 0.2) is 0 Å². The van der Waals surface area contributed by atoms with Crippen LogP contribution in [0.15, 0.2) is 53.7 Å². The Morgan fingerprint density at radius 2 is 1.93 bits per heavy atom. The van der Waals surface area contributed by atoms with Crippen molar-refractivity contribution in [2.45, 2.75) is 5.16 Å². The Bertz CT molecular complexity index is 958. The van der Waals surface area contributed by atoms with Gasteiger partial charge in [-0.1, -0.05) is 30.0 Å². The van der Waals surface area contributed by atoms with Crippen LogP contribution in [-0.2, 0) is 4.79 Å². The summed E-state index contributed by atoms with van der Waals surface area (Å²) in [6.07, 6.45) is 0. The minimum Gasteiger partial charge on any atom is -0.545 e. The van der Waals surface area contributed by atoms with Gasteiger partial charge in [0.2, 0.25) is 11.1 Å². The maximum atomic E-state index is 12.2. The predicted molar refractivity (Wildman–Crippen MR) is 95.8 cm³/mol. The fraction of sp³-hybridized carbons (Fsp3) is 0.118. The number of carbonyl (C=O) groups excluding carboxylic acids is 2. The number of carboxylic acid groups (broad SMARTS) is 1. The van der Waals surface area contributed by atoms with Gasteiger partial charge in [0.25, 0.3) is 0 Å². The number of methoxy groups -OCH3 is 1. The van der Waals surface area contributed by atoms with E-state index in [9.17, 15) is 14.7 Å². The Balaban J connectivity index is 1.66. The molecule has 0 aliphatic heterocycles. The number of benzene rings is 2. The molecule has 0 aliphatic rings. The number of tetrazole rings is 1. The number of ether oxygens (including phenoxy) is 1. The molecule has 0 aliphatic carbocycles. The van der Waals surface area contributed by atoms with Crippen molar-refractivity contribution in [2.24, 2.45) is 0 Å². The zero-order chi connectivity index (χ0) is 19.2. The highest BCUT2D eigenvalue weighted by molar-refractivity contribution is 7.99. The smallest absolute Gasteiger partial charge is 0.234 e. The first-order valence-corrected chi connectivity index (χ1v) is 8.73. The van der Waals surface area contributed by atoms with Crippen LogP contribution in [0.2, 0.25) is 0 Å². The lowest BCUT2D eigenvalue weighted by molar-refractivity contribution is -0.254. The number of amides is 1. The van der Waals surface area contributed by atoms with Crippen LogP contribution in [0.25, 0.3) is 5.69 Å². The van der Waals surface area contributed by atoms with Crippen LogP contribution >= 0.6 is 11.8 Å². The summed E-state index contributed by atoms with van der Waals surface area (Å²) in [7, 11) is 1.57. The number of nitrogens with zero attached hydrogens (tertiary/aromatic N) is 4. The van der Waals surface area contributed by atoms with Crippen molar-refractivity contribution >= 4 is 29.3 Å². The topological polar surface area (TPSA) is 122 Å². The van der Waals surface area contributed by atoms with Crippen molar-refractivity contribution in [1.29, 1.82) is 0 Å². The van der Waals surface area contributed by atoms with Crippen molar-refractivity contribution < 1.29 is 19.4 Å². The predicted octanol–water partition coefficient (Wildman–Crippen LogP) is 0.765. The summed E-state index contributed by atoms with van der Waals surface area (Å²) in [4.78, 5) is 23.3. The summed E-state index contributed by atoms with van der Waals surface area (Å²) in [5, 5.41) is 25.5. The summed E-state index contributed by atoms with van der Waals surface area (Å²) in [6, 6.07) is 13.2. The molecule has 0 unspecified atom stereocenters. The van der Waals surface area contributed by atoms with Gasteiger partial charge in [-0.25, -0.2) is 0 Å². The van der Waals surface area contributed by atoms with E-state index in [4.69, 9.17) is 4.74 Å². The highest BCUT2D eigenvalue weighted by atomic mass is 32.2. The molecule has 0 atom stereocenters. The van der Waals surface area contributed by atoms with E-state index in [1.165, 1.54) is 16.8 Å². The molecule has 0 fully saturated rings. The molecule has 0 saturated heterocycles. The summed E-state index contributed by atoms with van der Waals surface area (Å²) >= 11 is 1.12. The first-order chi connectivity index (χ1) is 13.1. The van der Waals surface area contributed by atoms with Crippen molar-refractivity contribution in [1.82, 2.24) is 20.2 Å². The van der Waals surface area contributed by atoms with Crippen LogP contribution in [0, 0.1) is 0 Å². The van der Waals surface area contributed by atoms with Crippen LogP contribution in [0.1, 0.15) is 10.4 Å². The Hall–Kier alpha value is -3.40. The zero-order valence-corrected chi connectivity index (χ0v) is 15.0. The fourth-order valence-electron chi connectivity index (χ4n) is 2.24. The largest absolute Gasteiger partial charge is 0.545 e. The van der Waals surface area contributed by atoms with Gasteiger partial charge in [0.1, 0.15) is 5.75 Å². The van der Waals surface area contributed by atoms with E-state index in [-0.39, 0.29) is 17.0 Å². The van der Waals surface area contributed by atoms with Gasteiger partial charge < -0.3 is 20.0 Å². The molecule has 3 aromatic rings. The van der Waals surface area contributed by atoms with Gasteiger partial charge in [-0.2, -0.15) is 4.68 Å². The quantitative estimate of drug-likeness (QED) is 0.593. The number of para-hydroxylation sites is 1. The van der Waals surface area contributed by atoms with E-state index in [1.807, 2.05) is 0 Å². The van der Waals surface area contributed by atoms with Gasteiger partial charge in [0.05, 0.1) is 24.5 Å². The molecule has 1 N–H and O–H groups in total. The number of anilines is 1. The Morgan fingerprint density at radius 1 is 1.19 bits per heavy atom. The molecular weight excluding hydrogens is 370 g/mol. The van der Waals surface area contributed by atoms with Gasteiger partial charge in [-0.05, 0) is 40.8 Å². The minimum absolute atomic E-state index is 0.00207. The monoisotopic (exact) mass is 384 g/mol. The van der Waals surface area contributed by atoms with Crippen molar-refractivity contribution in [3.8, 4) is 11.4 Å². The summed E-state index contributed by atoms with van der Waals surface area (Å²) in [6.45, 7) is 0. The summed E-state index contributed by atoms with van der Waals surface area (Å²) in [5.74, 6) is -1.05. The van der Waals surface area contributed by atoms with Crippen LogP contribution in [0.3, 0.4) is 0 Å². The average molecular weight is 384 g/mol. The first kappa shape index (κ1) is 18.4. The lowest BCUT2D eigenvalue weighted by atomic mass is 10.2. The fourth-order valence-corrected chi connectivity index (χ4v) is 2.93. The normalized spacial score (nSPS) is 10.4. The molecule has 0 radical (unpaired) electrons. The van der Waals surface area contributed by atoms with Crippen molar-refractivity contribution in [3.63, 3.8) is 0 Å². The van der Waals surface area contributed by atoms with E-state index in [0.717, 1.165) is 11.8 Å². The Labute approximate surface area is 158 Å². The second-order valence-corrected chi connectivity index (χ2v) is 6.18. The number of nitrogens with one attached hydrogen (secondary N) is 1. The second kappa shape index (κ2) is 8.32. The van der Waals surface area contributed by atoms with E-state index in [0.29, 0.717) is 16.6 Å². The van der Waals surface area contributed by atoms with Crippen LogP contribution < -0.4 is 15.2 Å². The lowest BCUT2D eigenvalue weighted by Gasteiger charge is -2.11. The Kier molecular flexibility index (Phi) is 5.67. The van der Waals surface area contributed by atoms with Crippen LogP contribution in [0.4, 0.5) is 5.69 Å². The van der Waals surface area contributed by atoms with Crippen molar-refractivity contribution in [2.75, 3.05) is 18.2 Å². The maximum Gasteiger partial charge on any atom is 0.234 e. The molecule has 2 aromatic carbocycles. The molecule has 9 nitrogen and oxygen atoms in total. The van der Waals surface area contributed by atoms with Gasteiger partial charge in [-0.15, -0.1) is 5.10 Å². The van der Waals surface area contributed by atoms with E-state index in [2.05, 4.69) is 20.8 Å². The molecule has 3 rings (SSSR count). The second-order valence-electron chi connectivity index (χ2n) is 5.24. The molecule has 1 heterocycles. The number of rotatable bonds is 7. The van der Waals surface area contributed by atoms with Gasteiger partial charge in [-0.3, -0.25) is 4.79 Å². The third-order valence-corrected chi connectivity index (χ3v) is 4.43. The lowest BCUT2D eigenvalue weighted by Crippen LogP contribution is -2.25. The minimum atomic E-state index is -1.36. The number of hydrogen-bond acceptors (Lipinski definition) is 8. The molecule has 138 valence electrons. The number of aromatic nitrogens is 4. The van der Waals surface area contributed by atoms with Crippen LogP contribution in [-0.4, -0.2) is 44.9 Å². The molecule has 27 heavy (non-hydrogen) atoms. The van der Waals surface area contributed by atoms with Gasteiger partial charge >= 0.3 is 0 Å². The zero-order valence-electron chi connectivity index (χ0n) is 14.2. The van der Waals surface area contributed by atoms with E-state index in [1.54, 1.807) is 43.5 Å². The molecule has 1 amide bonds. The van der Waals surface area contributed by atoms with E-state index < -0.39 is 11.9 Å². The average Bonchev–Trinajstić information content (AvgIpc) is 3.15. The van der Waals surface area contributed by atoms with Crippen molar-refractivity contribution in [3.05, 3.63) is 54.1 Å². The molecule has 0 spiro atoms. The summed E-state index contributed by atoms with van der Waals surface area (Å²) in [5.41, 5.74) is 0.808. The highest BCUT2D eigenvalue weighted by Gasteiger charge is 2.13. The maximum absolute atomic E-state index is 12.2. The summed E-state index contributed by atoms with van der Waals surface area (Å²) < 4.78 is 6.61. The molecular formula is C17H14N5O4S-. The van der Waals surface area contributed by atoms with E-state index >= 15 is 0 Å². The SMILES string of the molecule is COc1ccc(-n2nnnc2SCC(=O)Nc2ccccc2C(=O)[O-])cc1.